The van der Waals surface area contributed by atoms with Crippen LogP contribution in [0.2, 0.25) is 0 Å². The van der Waals surface area contributed by atoms with Crippen LogP contribution in [-0.4, -0.2) is 31.1 Å². The lowest BCUT2D eigenvalue weighted by Crippen LogP contribution is -2.48. The van der Waals surface area contributed by atoms with E-state index in [-0.39, 0.29) is 6.54 Å². The molecule has 1 aromatic carbocycles. The van der Waals surface area contributed by atoms with Gasteiger partial charge in [0.15, 0.2) is 0 Å². The molecule has 0 spiro atoms. The predicted molar refractivity (Wildman–Crippen MR) is 72.6 cm³/mol. The van der Waals surface area contributed by atoms with Gasteiger partial charge in [-0.3, -0.25) is 9.59 Å². The summed E-state index contributed by atoms with van der Waals surface area (Å²) in [7, 11) is 0. The molecule has 0 radical (unpaired) electrons. The van der Waals surface area contributed by atoms with Crippen molar-refractivity contribution >= 4 is 11.8 Å². The van der Waals surface area contributed by atoms with Crippen molar-refractivity contribution in [2.45, 2.75) is 33.0 Å². The molecule has 0 aliphatic carbocycles. The largest absolute Gasteiger partial charge is 0.350 e. The minimum absolute atomic E-state index is 0.240. The molecule has 1 rings (SSSR count). The quantitative estimate of drug-likeness (QED) is 0.799. The average Bonchev–Trinajstić information content (AvgIpc) is 2.42. The molecule has 116 valence electrons. The summed E-state index contributed by atoms with van der Waals surface area (Å²) < 4.78 is 28.1. The first-order chi connectivity index (χ1) is 9.88. The summed E-state index contributed by atoms with van der Waals surface area (Å²) in [6.45, 7) is -0.202. The first-order valence-electron chi connectivity index (χ1n) is 6.38. The molecule has 0 saturated heterocycles. The summed E-state index contributed by atoms with van der Waals surface area (Å²) in [4.78, 5) is 22.9. The van der Waals surface area contributed by atoms with Crippen LogP contribution in [0.3, 0.4) is 0 Å². The summed E-state index contributed by atoms with van der Waals surface area (Å²) in [6, 6.07) is 6.33. The third-order valence-corrected chi connectivity index (χ3v) is 2.67. The Balaban J connectivity index is 2.54. The summed E-state index contributed by atoms with van der Waals surface area (Å²) >= 11 is 0. The maximum Gasteiger partial charge on any atom is 0.345 e. The van der Waals surface area contributed by atoms with Gasteiger partial charge in [-0.25, -0.2) is 0 Å². The second kappa shape index (κ2) is 8.31. The van der Waals surface area contributed by atoms with Crippen molar-refractivity contribution < 1.29 is 23.1 Å². The van der Waals surface area contributed by atoms with Crippen LogP contribution < -0.4 is 10.6 Å². The Hall–Kier alpha value is -2.02. The standard InChI is InChI=1S/C14H18F2N2O3/c1-9-3-5-11(6-4-9)7-17-13(20)12(18-10(2)19)8-21-14(15)16/h3-6,12,14H,7-8H2,1-2H3,(H,17,20)(H,18,19)/t12-/m1/s1. The van der Waals surface area contributed by atoms with Gasteiger partial charge < -0.3 is 15.4 Å². The van der Waals surface area contributed by atoms with E-state index in [9.17, 15) is 18.4 Å². The molecule has 1 aromatic rings. The zero-order chi connectivity index (χ0) is 15.8. The van der Waals surface area contributed by atoms with Crippen molar-refractivity contribution in [1.82, 2.24) is 10.6 Å². The van der Waals surface area contributed by atoms with E-state index >= 15 is 0 Å². The lowest BCUT2D eigenvalue weighted by Gasteiger charge is -2.17. The minimum Gasteiger partial charge on any atom is -0.350 e. The van der Waals surface area contributed by atoms with Gasteiger partial charge in [-0.15, -0.1) is 0 Å². The number of hydrogen-bond donors (Lipinski definition) is 2. The molecule has 5 nitrogen and oxygen atoms in total. The van der Waals surface area contributed by atoms with Gasteiger partial charge in [0, 0.05) is 13.5 Å². The van der Waals surface area contributed by atoms with Crippen molar-refractivity contribution in [2.24, 2.45) is 0 Å². The van der Waals surface area contributed by atoms with Gasteiger partial charge in [-0.05, 0) is 12.5 Å². The summed E-state index contributed by atoms with van der Waals surface area (Å²) in [5.74, 6) is -1.07. The molecule has 1 atom stereocenters. The maximum atomic E-state index is 12.0. The van der Waals surface area contributed by atoms with Crippen LogP contribution in [-0.2, 0) is 20.9 Å². The van der Waals surface area contributed by atoms with Crippen molar-refractivity contribution in [3.63, 3.8) is 0 Å². The molecule has 0 aromatic heterocycles. The number of rotatable bonds is 7. The summed E-state index contributed by atoms with van der Waals surface area (Å²) in [6.07, 6.45) is 0. The Kier molecular flexibility index (Phi) is 6.74. The summed E-state index contributed by atoms with van der Waals surface area (Å²) in [5.41, 5.74) is 1.96. The van der Waals surface area contributed by atoms with Gasteiger partial charge >= 0.3 is 6.61 Å². The van der Waals surface area contributed by atoms with Crippen molar-refractivity contribution in [3.05, 3.63) is 35.4 Å². The van der Waals surface area contributed by atoms with Gasteiger partial charge in [0.25, 0.3) is 0 Å². The highest BCUT2D eigenvalue weighted by Crippen LogP contribution is 2.03. The van der Waals surface area contributed by atoms with Gasteiger partial charge in [0.05, 0.1) is 6.61 Å². The zero-order valence-corrected chi connectivity index (χ0v) is 11.9. The molecular weight excluding hydrogens is 282 g/mol. The molecule has 0 fully saturated rings. The Morgan fingerprint density at radius 1 is 1.24 bits per heavy atom. The number of alkyl halides is 2. The fraction of sp³-hybridized carbons (Fsp3) is 0.429. The van der Waals surface area contributed by atoms with E-state index in [2.05, 4.69) is 15.4 Å². The number of amides is 2. The van der Waals surface area contributed by atoms with E-state index < -0.39 is 31.1 Å². The number of nitrogens with one attached hydrogen (secondary N) is 2. The van der Waals surface area contributed by atoms with Crippen LogP contribution in [0.4, 0.5) is 8.78 Å². The first-order valence-corrected chi connectivity index (χ1v) is 6.38. The fourth-order valence-corrected chi connectivity index (χ4v) is 1.62. The Labute approximate surface area is 121 Å². The number of halogens is 2. The monoisotopic (exact) mass is 300 g/mol. The SMILES string of the molecule is CC(=O)N[C@H](COC(F)F)C(=O)NCc1ccc(C)cc1. The van der Waals surface area contributed by atoms with E-state index in [1.54, 1.807) is 0 Å². The fourth-order valence-electron chi connectivity index (χ4n) is 1.62. The number of ether oxygens (including phenoxy) is 1. The normalized spacial score (nSPS) is 12.0. The third-order valence-electron chi connectivity index (χ3n) is 2.67. The van der Waals surface area contributed by atoms with Crippen LogP contribution >= 0.6 is 0 Å². The van der Waals surface area contributed by atoms with Crippen molar-refractivity contribution in [2.75, 3.05) is 6.61 Å². The van der Waals surface area contributed by atoms with E-state index in [1.807, 2.05) is 31.2 Å². The van der Waals surface area contributed by atoms with E-state index in [4.69, 9.17) is 0 Å². The maximum absolute atomic E-state index is 12.0. The molecular formula is C14H18F2N2O3. The van der Waals surface area contributed by atoms with Crippen LogP contribution in [0.15, 0.2) is 24.3 Å². The molecule has 0 aliphatic heterocycles. The molecule has 21 heavy (non-hydrogen) atoms. The number of hydrogen-bond acceptors (Lipinski definition) is 3. The number of benzene rings is 1. The molecule has 0 saturated carbocycles. The second-order valence-electron chi connectivity index (χ2n) is 4.55. The van der Waals surface area contributed by atoms with E-state index in [0.29, 0.717) is 0 Å². The van der Waals surface area contributed by atoms with E-state index in [1.165, 1.54) is 6.92 Å². The topological polar surface area (TPSA) is 67.4 Å². The van der Waals surface area contributed by atoms with Gasteiger partial charge in [-0.1, -0.05) is 29.8 Å². The van der Waals surface area contributed by atoms with Crippen LogP contribution in [0, 0.1) is 6.92 Å². The molecule has 0 bridgehead atoms. The molecule has 7 heteroatoms. The van der Waals surface area contributed by atoms with Crippen molar-refractivity contribution in [1.29, 1.82) is 0 Å². The van der Waals surface area contributed by atoms with Crippen molar-refractivity contribution in [3.8, 4) is 0 Å². The molecule has 0 unspecified atom stereocenters. The van der Waals surface area contributed by atoms with Crippen LogP contribution in [0.5, 0.6) is 0 Å². The average molecular weight is 300 g/mol. The van der Waals surface area contributed by atoms with E-state index in [0.717, 1.165) is 11.1 Å². The smallest absolute Gasteiger partial charge is 0.345 e. The lowest BCUT2D eigenvalue weighted by atomic mass is 10.1. The highest BCUT2D eigenvalue weighted by atomic mass is 19.3. The molecule has 0 aliphatic rings. The van der Waals surface area contributed by atoms with Gasteiger partial charge in [-0.2, -0.15) is 8.78 Å². The Bertz CT molecular complexity index is 478. The number of aryl methyl sites for hydroxylation is 1. The third kappa shape index (κ3) is 6.80. The second-order valence-corrected chi connectivity index (χ2v) is 4.55. The Morgan fingerprint density at radius 3 is 2.38 bits per heavy atom. The summed E-state index contributed by atoms with van der Waals surface area (Å²) in [5, 5.41) is 4.84. The predicted octanol–water partition coefficient (Wildman–Crippen LogP) is 1.36. The zero-order valence-electron chi connectivity index (χ0n) is 11.9. The van der Waals surface area contributed by atoms with Gasteiger partial charge in [0.2, 0.25) is 11.8 Å². The van der Waals surface area contributed by atoms with Gasteiger partial charge in [0.1, 0.15) is 6.04 Å². The number of carbonyl (C=O) groups is 2. The molecule has 2 N–H and O–H groups in total. The highest BCUT2D eigenvalue weighted by molar-refractivity contribution is 5.86. The van der Waals surface area contributed by atoms with Crippen LogP contribution in [0.25, 0.3) is 0 Å². The first kappa shape index (κ1) is 17.0. The highest BCUT2D eigenvalue weighted by Gasteiger charge is 2.21. The minimum atomic E-state index is -2.99. The van der Waals surface area contributed by atoms with Crippen LogP contribution in [0.1, 0.15) is 18.1 Å². The Morgan fingerprint density at radius 2 is 1.86 bits per heavy atom. The lowest BCUT2D eigenvalue weighted by molar-refractivity contribution is -0.146. The number of carbonyl (C=O) groups excluding carboxylic acids is 2. The molecule has 2 amide bonds. The molecule has 0 heterocycles.